The van der Waals surface area contributed by atoms with E-state index in [1.807, 2.05) is 30.7 Å². The first-order valence-electron chi connectivity index (χ1n) is 6.13. The molecule has 4 heteroatoms. The van der Waals surface area contributed by atoms with E-state index in [-0.39, 0.29) is 6.04 Å². The summed E-state index contributed by atoms with van der Waals surface area (Å²) >= 11 is 0. The van der Waals surface area contributed by atoms with Gasteiger partial charge in [0.05, 0.1) is 13.4 Å². The molecule has 1 N–H and O–H groups in total. The molecule has 0 aliphatic carbocycles. The summed E-state index contributed by atoms with van der Waals surface area (Å²) in [4.78, 5) is 4.02. The maximum Gasteiger partial charge on any atom is 0.123 e. The van der Waals surface area contributed by atoms with Crippen molar-refractivity contribution in [3.63, 3.8) is 0 Å². The first-order valence-corrected chi connectivity index (χ1v) is 6.13. The average Bonchev–Trinajstić information content (AvgIpc) is 2.91. The van der Waals surface area contributed by atoms with E-state index >= 15 is 0 Å². The molecule has 0 amide bonds. The molecule has 4 nitrogen and oxygen atoms in total. The van der Waals surface area contributed by atoms with Gasteiger partial charge in [0.15, 0.2) is 0 Å². The quantitative estimate of drug-likeness (QED) is 0.848. The Kier molecular flexibility index (Phi) is 4.36. The molecule has 18 heavy (non-hydrogen) atoms. The number of methoxy groups -OCH3 is 1. The van der Waals surface area contributed by atoms with E-state index in [1.165, 1.54) is 5.56 Å². The van der Waals surface area contributed by atoms with Crippen LogP contribution in [0, 0.1) is 0 Å². The van der Waals surface area contributed by atoms with Crippen LogP contribution in [0.25, 0.3) is 0 Å². The number of nitrogens with one attached hydrogen (secondary N) is 1. The van der Waals surface area contributed by atoms with Crippen molar-refractivity contribution in [2.75, 3.05) is 13.7 Å². The summed E-state index contributed by atoms with van der Waals surface area (Å²) in [6.45, 7) is 3.96. The third-order valence-corrected chi connectivity index (χ3v) is 2.99. The van der Waals surface area contributed by atoms with Crippen molar-refractivity contribution in [1.29, 1.82) is 0 Å². The van der Waals surface area contributed by atoms with Crippen LogP contribution in [0.15, 0.2) is 43.0 Å². The first-order chi connectivity index (χ1) is 8.81. The van der Waals surface area contributed by atoms with Crippen LogP contribution in [0.4, 0.5) is 0 Å². The molecule has 1 aromatic carbocycles. The fourth-order valence-electron chi connectivity index (χ4n) is 1.96. The number of nitrogens with zero attached hydrogens (tertiary/aromatic N) is 2. The molecule has 0 bridgehead atoms. The topological polar surface area (TPSA) is 39.1 Å². The zero-order chi connectivity index (χ0) is 12.8. The zero-order valence-corrected chi connectivity index (χ0v) is 10.8. The molecular weight excluding hydrogens is 226 g/mol. The van der Waals surface area contributed by atoms with Crippen LogP contribution >= 0.6 is 0 Å². The van der Waals surface area contributed by atoms with Crippen LogP contribution < -0.4 is 10.1 Å². The van der Waals surface area contributed by atoms with Crippen molar-refractivity contribution in [2.24, 2.45) is 0 Å². The van der Waals surface area contributed by atoms with Crippen molar-refractivity contribution in [3.8, 4) is 5.75 Å². The molecular formula is C14H19N3O. The second-order valence-corrected chi connectivity index (χ2v) is 4.22. The Morgan fingerprint density at radius 1 is 1.39 bits per heavy atom. The lowest BCUT2D eigenvalue weighted by Crippen LogP contribution is -2.23. The molecule has 0 aliphatic heterocycles. The summed E-state index contributed by atoms with van der Waals surface area (Å²) in [5.41, 5.74) is 1.19. The van der Waals surface area contributed by atoms with Gasteiger partial charge in [-0.15, -0.1) is 0 Å². The third kappa shape index (κ3) is 3.11. The Morgan fingerprint density at radius 2 is 2.22 bits per heavy atom. The second kappa shape index (κ2) is 6.21. The lowest BCUT2D eigenvalue weighted by atomic mass is 10.1. The molecule has 96 valence electrons. The third-order valence-electron chi connectivity index (χ3n) is 2.99. The molecule has 2 rings (SSSR count). The fourth-order valence-corrected chi connectivity index (χ4v) is 1.96. The Morgan fingerprint density at radius 3 is 2.94 bits per heavy atom. The Labute approximate surface area is 108 Å². The number of ether oxygens (including phenoxy) is 1. The SMILES string of the molecule is COc1ccccc1C(C)NCCn1ccnc1. The summed E-state index contributed by atoms with van der Waals surface area (Å²) in [7, 11) is 1.71. The highest BCUT2D eigenvalue weighted by molar-refractivity contribution is 5.35. The summed E-state index contributed by atoms with van der Waals surface area (Å²) in [6.07, 6.45) is 5.59. The van der Waals surface area contributed by atoms with Gasteiger partial charge in [-0.2, -0.15) is 0 Å². The molecule has 0 saturated carbocycles. The molecule has 1 unspecified atom stereocenters. The van der Waals surface area contributed by atoms with E-state index in [2.05, 4.69) is 27.9 Å². The van der Waals surface area contributed by atoms with E-state index in [0.29, 0.717) is 0 Å². The van der Waals surface area contributed by atoms with Gasteiger partial charge in [0, 0.05) is 37.1 Å². The lowest BCUT2D eigenvalue weighted by Gasteiger charge is -2.17. The molecule has 0 saturated heterocycles. The summed E-state index contributed by atoms with van der Waals surface area (Å²) in [6, 6.07) is 8.37. The number of benzene rings is 1. The van der Waals surface area contributed by atoms with Gasteiger partial charge in [-0.05, 0) is 13.0 Å². The average molecular weight is 245 g/mol. The smallest absolute Gasteiger partial charge is 0.123 e. The highest BCUT2D eigenvalue weighted by atomic mass is 16.5. The minimum Gasteiger partial charge on any atom is -0.496 e. The van der Waals surface area contributed by atoms with E-state index in [4.69, 9.17) is 4.74 Å². The number of rotatable bonds is 6. The van der Waals surface area contributed by atoms with Crippen molar-refractivity contribution in [1.82, 2.24) is 14.9 Å². The molecule has 0 radical (unpaired) electrons. The maximum absolute atomic E-state index is 5.36. The van der Waals surface area contributed by atoms with E-state index in [0.717, 1.165) is 18.8 Å². The largest absolute Gasteiger partial charge is 0.496 e. The molecule has 0 aliphatic rings. The first kappa shape index (κ1) is 12.6. The summed E-state index contributed by atoms with van der Waals surface area (Å²) in [5.74, 6) is 0.931. The van der Waals surface area contributed by atoms with Crippen LogP contribution in [0.2, 0.25) is 0 Å². The van der Waals surface area contributed by atoms with Gasteiger partial charge in [0.25, 0.3) is 0 Å². The van der Waals surface area contributed by atoms with Gasteiger partial charge in [-0.3, -0.25) is 0 Å². The van der Waals surface area contributed by atoms with Gasteiger partial charge in [-0.25, -0.2) is 4.98 Å². The number of aromatic nitrogens is 2. The van der Waals surface area contributed by atoms with E-state index in [1.54, 1.807) is 13.3 Å². The Bertz CT molecular complexity index is 468. The predicted molar refractivity (Wildman–Crippen MR) is 71.6 cm³/mol. The van der Waals surface area contributed by atoms with Crippen LogP contribution in [0.5, 0.6) is 5.75 Å². The summed E-state index contributed by atoms with van der Waals surface area (Å²) < 4.78 is 7.42. The van der Waals surface area contributed by atoms with E-state index < -0.39 is 0 Å². The van der Waals surface area contributed by atoms with Gasteiger partial charge < -0.3 is 14.6 Å². The molecule has 1 atom stereocenters. The number of para-hydroxylation sites is 1. The Balaban J connectivity index is 1.89. The van der Waals surface area contributed by atoms with Crippen molar-refractivity contribution < 1.29 is 4.74 Å². The predicted octanol–water partition coefficient (Wildman–Crippen LogP) is 2.24. The van der Waals surface area contributed by atoms with Crippen LogP contribution in [0.3, 0.4) is 0 Å². The molecule has 0 fully saturated rings. The minimum absolute atomic E-state index is 0.268. The minimum atomic E-state index is 0.268. The number of hydrogen-bond acceptors (Lipinski definition) is 3. The van der Waals surface area contributed by atoms with Gasteiger partial charge >= 0.3 is 0 Å². The summed E-state index contributed by atoms with van der Waals surface area (Å²) in [5, 5.41) is 3.48. The molecule has 1 heterocycles. The maximum atomic E-state index is 5.36. The zero-order valence-electron chi connectivity index (χ0n) is 10.8. The van der Waals surface area contributed by atoms with E-state index in [9.17, 15) is 0 Å². The van der Waals surface area contributed by atoms with Gasteiger partial charge in [0.1, 0.15) is 5.75 Å². The van der Waals surface area contributed by atoms with Gasteiger partial charge in [0.2, 0.25) is 0 Å². The fraction of sp³-hybridized carbons (Fsp3) is 0.357. The lowest BCUT2D eigenvalue weighted by molar-refractivity contribution is 0.400. The van der Waals surface area contributed by atoms with Crippen molar-refractivity contribution in [2.45, 2.75) is 19.5 Å². The normalized spacial score (nSPS) is 12.3. The van der Waals surface area contributed by atoms with Crippen LogP contribution in [-0.2, 0) is 6.54 Å². The monoisotopic (exact) mass is 245 g/mol. The highest BCUT2D eigenvalue weighted by Gasteiger charge is 2.09. The van der Waals surface area contributed by atoms with Crippen molar-refractivity contribution >= 4 is 0 Å². The van der Waals surface area contributed by atoms with Crippen molar-refractivity contribution in [3.05, 3.63) is 48.5 Å². The second-order valence-electron chi connectivity index (χ2n) is 4.22. The van der Waals surface area contributed by atoms with Crippen LogP contribution in [0.1, 0.15) is 18.5 Å². The number of imidazole rings is 1. The van der Waals surface area contributed by atoms with Gasteiger partial charge in [-0.1, -0.05) is 18.2 Å². The van der Waals surface area contributed by atoms with Crippen LogP contribution in [-0.4, -0.2) is 23.2 Å². The molecule has 2 aromatic rings. The standard InChI is InChI=1S/C14H19N3O/c1-12(13-5-3-4-6-14(13)18-2)16-8-10-17-9-7-15-11-17/h3-7,9,11-12,16H,8,10H2,1-2H3. The number of hydrogen-bond donors (Lipinski definition) is 1. The highest BCUT2D eigenvalue weighted by Crippen LogP contribution is 2.23. The molecule has 0 spiro atoms. The molecule has 1 aromatic heterocycles. The Hall–Kier alpha value is -1.81.